The van der Waals surface area contributed by atoms with Gasteiger partial charge in [-0.05, 0) is 12.1 Å². The van der Waals surface area contributed by atoms with E-state index in [1.54, 1.807) is 35.6 Å². The van der Waals surface area contributed by atoms with Gasteiger partial charge in [0.2, 0.25) is 5.91 Å². The molecule has 0 atom stereocenters. The number of carbonyl (C=O) groups excluding carboxylic acids is 1. The van der Waals surface area contributed by atoms with Crippen LogP contribution in [-0.4, -0.2) is 25.2 Å². The zero-order valence-corrected chi connectivity index (χ0v) is 8.34. The van der Waals surface area contributed by atoms with Crippen LogP contribution in [0.2, 0.25) is 0 Å². The minimum atomic E-state index is -4.37. The monoisotopic (exact) mass is 232 g/mol. The molecular weight excluding hydrogens is 221 g/mol. The van der Waals surface area contributed by atoms with Gasteiger partial charge < -0.3 is 10.6 Å². The summed E-state index contributed by atoms with van der Waals surface area (Å²) in [5.41, 5.74) is 0.685. The molecule has 1 amide bonds. The first-order chi connectivity index (χ1) is 7.47. The van der Waals surface area contributed by atoms with Crippen LogP contribution in [0.1, 0.15) is 0 Å². The Morgan fingerprint density at radius 2 is 1.81 bits per heavy atom. The summed E-state index contributed by atoms with van der Waals surface area (Å²) in [7, 11) is 0. The maximum Gasteiger partial charge on any atom is 0.405 e. The first-order valence-corrected chi connectivity index (χ1v) is 4.60. The third-order valence-corrected chi connectivity index (χ3v) is 1.71. The fourth-order valence-corrected chi connectivity index (χ4v) is 1.000. The van der Waals surface area contributed by atoms with E-state index in [1.807, 2.05) is 0 Å². The van der Waals surface area contributed by atoms with Crippen molar-refractivity contribution < 1.29 is 18.0 Å². The summed E-state index contributed by atoms with van der Waals surface area (Å²) in [6, 6.07) is 8.76. The predicted molar refractivity (Wildman–Crippen MR) is 54.0 cm³/mol. The molecular formula is C10H11F3N2O. The maximum atomic E-state index is 11.7. The lowest BCUT2D eigenvalue weighted by Crippen LogP contribution is -2.37. The van der Waals surface area contributed by atoms with Gasteiger partial charge in [0.05, 0.1) is 6.54 Å². The smallest absolute Gasteiger partial charge is 0.376 e. The molecule has 3 nitrogen and oxygen atoms in total. The van der Waals surface area contributed by atoms with Crippen molar-refractivity contribution in [2.45, 2.75) is 6.18 Å². The van der Waals surface area contributed by atoms with Crippen LogP contribution in [0.15, 0.2) is 30.3 Å². The van der Waals surface area contributed by atoms with Gasteiger partial charge in [0.15, 0.2) is 0 Å². The average molecular weight is 232 g/mol. The SMILES string of the molecule is O=C(CNc1ccccc1)NCC(F)(F)F. The predicted octanol–water partition coefficient (Wildman–Crippen LogP) is 1.78. The van der Waals surface area contributed by atoms with Crippen molar-refractivity contribution in [2.75, 3.05) is 18.4 Å². The number of benzene rings is 1. The largest absolute Gasteiger partial charge is 0.405 e. The second kappa shape index (κ2) is 5.39. The average Bonchev–Trinajstić information content (AvgIpc) is 2.24. The van der Waals surface area contributed by atoms with E-state index in [0.717, 1.165) is 0 Å². The fourth-order valence-electron chi connectivity index (χ4n) is 1.000. The van der Waals surface area contributed by atoms with Crippen LogP contribution in [0.3, 0.4) is 0 Å². The number of amides is 1. The molecule has 16 heavy (non-hydrogen) atoms. The highest BCUT2D eigenvalue weighted by atomic mass is 19.4. The first-order valence-electron chi connectivity index (χ1n) is 4.60. The van der Waals surface area contributed by atoms with E-state index in [2.05, 4.69) is 5.32 Å². The quantitative estimate of drug-likeness (QED) is 0.830. The van der Waals surface area contributed by atoms with E-state index in [0.29, 0.717) is 5.69 Å². The fraction of sp³-hybridized carbons (Fsp3) is 0.300. The van der Waals surface area contributed by atoms with Gasteiger partial charge >= 0.3 is 6.18 Å². The molecule has 0 saturated heterocycles. The Kier molecular flexibility index (Phi) is 4.16. The van der Waals surface area contributed by atoms with Crippen LogP contribution in [0.25, 0.3) is 0 Å². The number of anilines is 1. The van der Waals surface area contributed by atoms with Gasteiger partial charge in [-0.15, -0.1) is 0 Å². The van der Waals surface area contributed by atoms with Gasteiger partial charge in [-0.1, -0.05) is 18.2 Å². The number of halogens is 3. The van der Waals surface area contributed by atoms with E-state index in [4.69, 9.17) is 0 Å². The third-order valence-electron chi connectivity index (χ3n) is 1.71. The summed E-state index contributed by atoms with van der Waals surface area (Å²) in [6.07, 6.45) is -4.37. The summed E-state index contributed by atoms with van der Waals surface area (Å²) in [4.78, 5) is 11.0. The first kappa shape index (κ1) is 12.4. The zero-order chi connectivity index (χ0) is 12.0. The number of carbonyl (C=O) groups is 1. The third kappa shape index (κ3) is 5.23. The Labute approximate surface area is 90.6 Å². The number of hydrogen-bond donors (Lipinski definition) is 2. The Morgan fingerprint density at radius 1 is 1.19 bits per heavy atom. The van der Waals surface area contributed by atoms with Crippen LogP contribution < -0.4 is 10.6 Å². The molecule has 0 aliphatic heterocycles. The van der Waals surface area contributed by atoms with E-state index < -0.39 is 18.6 Å². The normalized spacial score (nSPS) is 10.9. The van der Waals surface area contributed by atoms with Crippen molar-refractivity contribution in [1.29, 1.82) is 0 Å². The molecule has 2 N–H and O–H groups in total. The van der Waals surface area contributed by atoms with Crippen LogP contribution in [0.4, 0.5) is 18.9 Å². The second-order valence-corrected chi connectivity index (χ2v) is 3.11. The molecule has 0 fully saturated rings. The minimum Gasteiger partial charge on any atom is -0.376 e. The number of hydrogen-bond acceptors (Lipinski definition) is 2. The highest BCUT2D eigenvalue weighted by Gasteiger charge is 2.27. The topological polar surface area (TPSA) is 41.1 Å². The van der Waals surface area contributed by atoms with Crippen LogP contribution in [0.5, 0.6) is 0 Å². The number of alkyl halides is 3. The van der Waals surface area contributed by atoms with Gasteiger partial charge in [0.1, 0.15) is 6.54 Å². The van der Waals surface area contributed by atoms with Crippen LogP contribution >= 0.6 is 0 Å². The number of para-hydroxylation sites is 1. The van der Waals surface area contributed by atoms with E-state index >= 15 is 0 Å². The molecule has 1 aromatic rings. The van der Waals surface area contributed by atoms with Crippen molar-refractivity contribution in [3.8, 4) is 0 Å². The van der Waals surface area contributed by atoms with E-state index in [9.17, 15) is 18.0 Å². The number of rotatable bonds is 4. The van der Waals surface area contributed by atoms with Gasteiger partial charge in [-0.2, -0.15) is 13.2 Å². The molecule has 6 heteroatoms. The van der Waals surface area contributed by atoms with Gasteiger partial charge in [0, 0.05) is 5.69 Å². The Bertz CT molecular complexity index is 338. The molecule has 88 valence electrons. The van der Waals surface area contributed by atoms with Gasteiger partial charge in [-0.3, -0.25) is 4.79 Å². The summed E-state index contributed by atoms with van der Waals surface area (Å²) in [5.74, 6) is -0.693. The van der Waals surface area contributed by atoms with Gasteiger partial charge in [-0.25, -0.2) is 0 Å². The molecule has 1 aromatic carbocycles. The molecule has 1 rings (SSSR count). The highest BCUT2D eigenvalue weighted by molar-refractivity contribution is 5.80. The molecule has 0 unspecified atom stereocenters. The molecule has 0 radical (unpaired) electrons. The molecule has 0 saturated carbocycles. The van der Waals surface area contributed by atoms with Crippen molar-refractivity contribution in [3.63, 3.8) is 0 Å². The highest BCUT2D eigenvalue weighted by Crippen LogP contribution is 2.12. The van der Waals surface area contributed by atoms with Crippen molar-refractivity contribution in [2.24, 2.45) is 0 Å². The molecule has 0 aliphatic carbocycles. The lowest BCUT2D eigenvalue weighted by Gasteiger charge is -2.09. The molecule has 0 heterocycles. The van der Waals surface area contributed by atoms with E-state index in [-0.39, 0.29) is 6.54 Å². The van der Waals surface area contributed by atoms with Crippen LogP contribution in [0, 0.1) is 0 Å². The van der Waals surface area contributed by atoms with Crippen molar-refractivity contribution >= 4 is 11.6 Å². The van der Waals surface area contributed by atoms with Gasteiger partial charge in [0.25, 0.3) is 0 Å². The van der Waals surface area contributed by atoms with Crippen molar-refractivity contribution in [3.05, 3.63) is 30.3 Å². The lowest BCUT2D eigenvalue weighted by atomic mass is 10.3. The Hall–Kier alpha value is -1.72. The maximum absolute atomic E-state index is 11.7. The summed E-state index contributed by atoms with van der Waals surface area (Å²) < 4.78 is 35.2. The Balaban J connectivity index is 2.26. The molecule has 0 aliphatic rings. The molecule has 0 spiro atoms. The second-order valence-electron chi connectivity index (χ2n) is 3.11. The minimum absolute atomic E-state index is 0.180. The van der Waals surface area contributed by atoms with E-state index in [1.165, 1.54) is 0 Å². The Morgan fingerprint density at radius 3 is 2.38 bits per heavy atom. The molecule has 0 bridgehead atoms. The molecule has 0 aromatic heterocycles. The standard InChI is InChI=1S/C10H11F3N2O/c11-10(12,13)7-15-9(16)6-14-8-4-2-1-3-5-8/h1-5,14H,6-7H2,(H,15,16). The zero-order valence-electron chi connectivity index (χ0n) is 8.34. The van der Waals surface area contributed by atoms with Crippen molar-refractivity contribution in [1.82, 2.24) is 5.32 Å². The summed E-state index contributed by atoms with van der Waals surface area (Å²) in [6.45, 7) is -1.48. The van der Waals surface area contributed by atoms with Crippen LogP contribution in [-0.2, 0) is 4.79 Å². The number of nitrogens with one attached hydrogen (secondary N) is 2. The summed E-state index contributed by atoms with van der Waals surface area (Å²) >= 11 is 0. The lowest BCUT2D eigenvalue weighted by molar-refractivity contribution is -0.137. The summed E-state index contributed by atoms with van der Waals surface area (Å²) in [5, 5.41) is 4.47.